The summed E-state index contributed by atoms with van der Waals surface area (Å²) in [6, 6.07) is 7.88. The summed E-state index contributed by atoms with van der Waals surface area (Å²) < 4.78 is 0. The van der Waals surface area contributed by atoms with E-state index in [9.17, 15) is 4.79 Å². The summed E-state index contributed by atoms with van der Waals surface area (Å²) >= 11 is 0. The molecule has 0 fully saturated rings. The zero-order valence-corrected chi connectivity index (χ0v) is 7.24. The molecule has 0 heterocycles. The predicted molar refractivity (Wildman–Crippen MR) is 51.2 cm³/mol. The van der Waals surface area contributed by atoms with Gasteiger partial charge in [0.05, 0.1) is 6.04 Å². The molecule has 3 heteroatoms. The highest BCUT2D eigenvalue weighted by Crippen LogP contribution is 2.13. The van der Waals surface area contributed by atoms with Crippen LogP contribution in [-0.2, 0) is 4.79 Å². The molecule has 0 saturated carbocycles. The van der Waals surface area contributed by atoms with Gasteiger partial charge in [-0.15, -0.1) is 0 Å². The van der Waals surface area contributed by atoms with E-state index in [1.807, 2.05) is 39.0 Å². The van der Waals surface area contributed by atoms with Gasteiger partial charge in [-0.1, -0.05) is 29.7 Å². The smallest absolute Gasteiger partial charge is 0.211 e. The summed E-state index contributed by atoms with van der Waals surface area (Å²) in [4.78, 5) is 13.6. The molecule has 0 aliphatic rings. The van der Waals surface area contributed by atoms with Crippen molar-refractivity contribution in [2.24, 2.45) is 4.99 Å². The van der Waals surface area contributed by atoms with Gasteiger partial charge in [-0.2, -0.15) is 4.99 Å². The highest BCUT2D eigenvalue weighted by molar-refractivity contribution is 6.32. The standard InChI is InChI=1S/C9H10BNO/c1-7(11-6-12)8-2-4-9(10)5-3-8/h2-5,7H,10H2,1H3/t7-/m1/s1. The molecule has 0 aliphatic heterocycles. The van der Waals surface area contributed by atoms with E-state index in [0.717, 1.165) is 5.56 Å². The van der Waals surface area contributed by atoms with Crippen molar-refractivity contribution < 1.29 is 4.79 Å². The Hall–Kier alpha value is -1.34. The van der Waals surface area contributed by atoms with Crippen LogP contribution >= 0.6 is 0 Å². The van der Waals surface area contributed by atoms with Crippen LogP contribution in [0.25, 0.3) is 0 Å². The van der Waals surface area contributed by atoms with Gasteiger partial charge >= 0.3 is 0 Å². The molecule has 0 spiro atoms. The third-order valence-corrected chi connectivity index (χ3v) is 1.81. The molecular weight excluding hydrogens is 149 g/mol. The van der Waals surface area contributed by atoms with Gasteiger partial charge in [0.1, 0.15) is 7.85 Å². The second-order valence-electron chi connectivity index (χ2n) is 2.81. The van der Waals surface area contributed by atoms with Crippen molar-refractivity contribution in [2.75, 3.05) is 0 Å². The fourth-order valence-electron chi connectivity index (χ4n) is 0.999. The molecule has 0 unspecified atom stereocenters. The number of hydrogen-bond acceptors (Lipinski definition) is 2. The van der Waals surface area contributed by atoms with E-state index in [1.54, 1.807) is 6.08 Å². The Balaban J connectivity index is 2.89. The molecular formula is C9H10BNO. The first-order valence-electron chi connectivity index (χ1n) is 3.87. The Morgan fingerprint density at radius 2 is 2.00 bits per heavy atom. The maximum atomic E-state index is 9.96. The average Bonchev–Trinajstić information content (AvgIpc) is 2.06. The van der Waals surface area contributed by atoms with Gasteiger partial charge in [-0.25, -0.2) is 4.79 Å². The van der Waals surface area contributed by atoms with E-state index < -0.39 is 0 Å². The number of carbonyl (C=O) groups excluding carboxylic acids is 1. The Bertz CT molecular complexity index is 301. The molecule has 12 heavy (non-hydrogen) atoms. The first kappa shape index (κ1) is 8.76. The van der Waals surface area contributed by atoms with Crippen LogP contribution in [0.15, 0.2) is 29.3 Å². The number of hydrogen-bond donors (Lipinski definition) is 0. The molecule has 0 amide bonds. The number of nitrogens with zero attached hydrogens (tertiary/aromatic N) is 1. The summed E-state index contributed by atoms with van der Waals surface area (Å²) in [5.74, 6) is 0. The first-order chi connectivity index (χ1) is 5.74. The van der Waals surface area contributed by atoms with E-state index in [2.05, 4.69) is 4.99 Å². The van der Waals surface area contributed by atoms with Gasteiger partial charge < -0.3 is 0 Å². The summed E-state index contributed by atoms with van der Waals surface area (Å²) in [6.45, 7) is 1.87. The van der Waals surface area contributed by atoms with Gasteiger partial charge in [0.15, 0.2) is 0 Å². The zero-order valence-electron chi connectivity index (χ0n) is 7.24. The highest BCUT2D eigenvalue weighted by atomic mass is 16.1. The van der Waals surface area contributed by atoms with Crippen LogP contribution in [0.3, 0.4) is 0 Å². The van der Waals surface area contributed by atoms with E-state index in [1.165, 1.54) is 5.46 Å². The molecule has 1 aromatic carbocycles. The van der Waals surface area contributed by atoms with Crippen LogP contribution < -0.4 is 5.46 Å². The van der Waals surface area contributed by atoms with Crippen LogP contribution in [0, 0.1) is 0 Å². The first-order valence-corrected chi connectivity index (χ1v) is 3.87. The lowest BCUT2D eigenvalue weighted by Crippen LogP contribution is -2.01. The van der Waals surface area contributed by atoms with Gasteiger partial charge in [-0.05, 0) is 12.5 Å². The minimum Gasteiger partial charge on any atom is -0.211 e. The van der Waals surface area contributed by atoms with Crippen LogP contribution in [0.5, 0.6) is 0 Å². The Morgan fingerprint density at radius 1 is 1.42 bits per heavy atom. The predicted octanol–water partition coefficient (Wildman–Crippen LogP) is 0.342. The van der Waals surface area contributed by atoms with Crippen LogP contribution in [0.2, 0.25) is 0 Å². The van der Waals surface area contributed by atoms with Crippen molar-refractivity contribution in [1.29, 1.82) is 0 Å². The van der Waals surface area contributed by atoms with Crippen LogP contribution in [0.4, 0.5) is 0 Å². The monoisotopic (exact) mass is 159 g/mol. The molecule has 0 aliphatic carbocycles. The lowest BCUT2D eigenvalue weighted by molar-refractivity contribution is 0.559. The van der Waals surface area contributed by atoms with Crippen molar-refractivity contribution >= 4 is 19.4 Å². The highest BCUT2D eigenvalue weighted by Gasteiger charge is 2.00. The molecule has 1 rings (SSSR count). The maximum Gasteiger partial charge on any atom is 0.235 e. The second-order valence-corrected chi connectivity index (χ2v) is 2.81. The molecule has 1 aromatic rings. The third-order valence-electron chi connectivity index (χ3n) is 1.81. The van der Waals surface area contributed by atoms with Crippen molar-refractivity contribution in [2.45, 2.75) is 13.0 Å². The quantitative estimate of drug-likeness (QED) is 0.347. The Labute approximate surface area is 72.7 Å². The number of isocyanates is 1. The number of aliphatic imine (C=N–C) groups is 1. The Kier molecular flexibility index (Phi) is 2.84. The van der Waals surface area contributed by atoms with E-state index in [-0.39, 0.29) is 6.04 Å². The van der Waals surface area contributed by atoms with E-state index in [4.69, 9.17) is 0 Å². The van der Waals surface area contributed by atoms with E-state index in [0.29, 0.717) is 0 Å². The third kappa shape index (κ3) is 2.07. The van der Waals surface area contributed by atoms with Crippen LogP contribution in [0.1, 0.15) is 18.5 Å². The molecule has 60 valence electrons. The van der Waals surface area contributed by atoms with Crippen molar-refractivity contribution in [3.05, 3.63) is 29.8 Å². The molecule has 0 aromatic heterocycles. The van der Waals surface area contributed by atoms with Crippen molar-refractivity contribution in [1.82, 2.24) is 0 Å². The Morgan fingerprint density at radius 3 is 2.50 bits per heavy atom. The zero-order chi connectivity index (χ0) is 8.97. The maximum absolute atomic E-state index is 9.96. The summed E-state index contributed by atoms with van der Waals surface area (Å²) in [7, 11) is 2.03. The molecule has 0 radical (unpaired) electrons. The summed E-state index contributed by atoms with van der Waals surface area (Å²) in [5.41, 5.74) is 2.25. The van der Waals surface area contributed by atoms with Crippen molar-refractivity contribution in [3.8, 4) is 0 Å². The average molecular weight is 159 g/mol. The molecule has 2 nitrogen and oxygen atoms in total. The summed E-state index contributed by atoms with van der Waals surface area (Å²) in [6.07, 6.45) is 1.56. The normalized spacial score (nSPS) is 11.8. The van der Waals surface area contributed by atoms with Gasteiger partial charge in [-0.3, -0.25) is 0 Å². The number of benzene rings is 1. The van der Waals surface area contributed by atoms with Gasteiger partial charge in [0, 0.05) is 0 Å². The lowest BCUT2D eigenvalue weighted by atomic mass is 9.94. The molecule has 0 N–H and O–H groups in total. The van der Waals surface area contributed by atoms with Crippen molar-refractivity contribution in [3.63, 3.8) is 0 Å². The largest absolute Gasteiger partial charge is 0.235 e. The van der Waals surface area contributed by atoms with Gasteiger partial charge in [0.2, 0.25) is 6.08 Å². The van der Waals surface area contributed by atoms with Crippen LogP contribution in [-0.4, -0.2) is 13.9 Å². The topological polar surface area (TPSA) is 29.4 Å². The SMILES string of the molecule is Bc1ccc([C@@H](C)N=C=O)cc1. The molecule has 0 bridgehead atoms. The van der Waals surface area contributed by atoms with Gasteiger partial charge in [0.25, 0.3) is 0 Å². The molecule has 1 atom stereocenters. The summed E-state index contributed by atoms with van der Waals surface area (Å²) in [5, 5.41) is 0. The fraction of sp³-hybridized carbons (Fsp3) is 0.222. The second kappa shape index (κ2) is 3.89. The molecule has 0 saturated heterocycles. The minimum absolute atomic E-state index is 0.0805. The number of rotatable bonds is 2. The fourth-order valence-corrected chi connectivity index (χ4v) is 0.999. The minimum atomic E-state index is -0.0805. The van der Waals surface area contributed by atoms with E-state index >= 15 is 0 Å². The lowest BCUT2D eigenvalue weighted by Gasteiger charge is -2.03.